The second-order valence-corrected chi connectivity index (χ2v) is 13.4. The molecule has 0 aliphatic heterocycles. The van der Waals surface area contributed by atoms with E-state index in [1.807, 2.05) is 0 Å². The van der Waals surface area contributed by atoms with Crippen LogP contribution in [0.2, 0.25) is 19.6 Å². The Bertz CT molecular complexity index is 322. The van der Waals surface area contributed by atoms with Crippen LogP contribution in [-0.4, -0.2) is 14.4 Å². The molecule has 1 saturated carbocycles. The Morgan fingerprint density at radius 1 is 0.818 bits per heavy atom. The summed E-state index contributed by atoms with van der Waals surface area (Å²) in [5.74, 6) is 4.94. The van der Waals surface area contributed by atoms with Crippen LogP contribution in [0.5, 0.6) is 0 Å². The van der Waals surface area contributed by atoms with Crippen molar-refractivity contribution in [3.05, 3.63) is 0 Å². The average molecular weight is 327 g/mol. The van der Waals surface area contributed by atoms with Crippen molar-refractivity contribution in [1.82, 2.24) is 0 Å². The minimum atomic E-state index is -1.47. The fourth-order valence-corrected chi connectivity index (χ4v) is 5.86. The predicted molar refractivity (Wildman–Crippen MR) is 102 cm³/mol. The van der Waals surface area contributed by atoms with Crippen LogP contribution in [0.1, 0.15) is 67.2 Å². The first-order chi connectivity index (χ1) is 10.2. The Labute approximate surface area is 141 Å². The topological polar surface area (TPSA) is 9.23 Å². The van der Waals surface area contributed by atoms with E-state index < -0.39 is 8.32 Å². The molecule has 0 radical (unpaired) electrons. The van der Waals surface area contributed by atoms with Crippen molar-refractivity contribution in [2.75, 3.05) is 0 Å². The highest BCUT2D eigenvalue weighted by molar-refractivity contribution is 6.69. The molecule has 1 aliphatic rings. The highest BCUT2D eigenvalue weighted by Crippen LogP contribution is 2.51. The van der Waals surface area contributed by atoms with Gasteiger partial charge < -0.3 is 4.43 Å². The maximum Gasteiger partial charge on any atom is 0.184 e. The third kappa shape index (κ3) is 4.83. The summed E-state index contributed by atoms with van der Waals surface area (Å²) < 4.78 is 6.72. The number of hydrogen-bond donors (Lipinski definition) is 0. The van der Waals surface area contributed by atoms with Gasteiger partial charge in [0.15, 0.2) is 8.32 Å². The summed E-state index contributed by atoms with van der Waals surface area (Å²) in [7, 11) is -1.47. The molecule has 0 heterocycles. The van der Waals surface area contributed by atoms with E-state index >= 15 is 0 Å². The maximum atomic E-state index is 6.72. The maximum absolute atomic E-state index is 6.72. The van der Waals surface area contributed by atoms with E-state index in [0.29, 0.717) is 6.10 Å². The third-order valence-electron chi connectivity index (χ3n) is 6.35. The van der Waals surface area contributed by atoms with E-state index in [9.17, 15) is 0 Å². The first kappa shape index (κ1) is 20.2. The largest absolute Gasteiger partial charge is 0.414 e. The van der Waals surface area contributed by atoms with Crippen molar-refractivity contribution >= 4 is 8.32 Å². The van der Waals surface area contributed by atoms with Gasteiger partial charge in [0.2, 0.25) is 0 Å². The van der Waals surface area contributed by atoms with Crippen molar-refractivity contribution in [3.8, 4) is 0 Å². The van der Waals surface area contributed by atoms with Crippen molar-refractivity contribution in [3.63, 3.8) is 0 Å². The monoisotopic (exact) mass is 326 g/mol. The van der Waals surface area contributed by atoms with Gasteiger partial charge in [-0.3, -0.25) is 0 Å². The van der Waals surface area contributed by atoms with Crippen LogP contribution < -0.4 is 0 Å². The molecular formula is C20H42OSi. The Morgan fingerprint density at radius 3 is 1.68 bits per heavy atom. The predicted octanol–water partition coefficient (Wildman–Crippen LogP) is 6.60. The summed E-state index contributed by atoms with van der Waals surface area (Å²) in [6.45, 7) is 21.6. The Morgan fingerprint density at radius 2 is 1.27 bits per heavy atom. The fraction of sp³-hybridized carbons (Fsp3) is 1.00. The van der Waals surface area contributed by atoms with Crippen LogP contribution in [-0.2, 0) is 4.43 Å². The van der Waals surface area contributed by atoms with E-state index in [1.54, 1.807) is 0 Å². The molecule has 1 nitrogen and oxygen atoms in total. The molecule has 2 heteroatoms. The van der Waals surface area contributed by atoms with Gasteiger partial charge in [-0.25, -0.2) is 0 Å². The first-order valence-corrected chi connectivity index (χ1v) is 13.2. The molecule has 1 fully saturated rings. The standard InChI is InChI=1S/C20H42OSi/c1-10-14(4)17-13-18(21-22(7,8)9)20(16(6)12-3)19(17)15(5)11-2/h14-20H,10-13H2,1-9H3. The van der Waals surface area contributed by atoms with Gasteiger partial charge in [0.1, 0.15) is 0 Å². The molecule has 0 bridgehead atoms. The summed E-state index contributed by atoms with van der Waals surface area (Å²) in [6, 6.07) is 0. The van der Waals surface area contributed by atoms with E-state index in [4.69, 9.17) is 4.43 Å². The van der Waals surface area contributed by atoms with Gasteiger partial charge in [0.05, 0.1) is 0 Å². The number of hydrogen-bond acceptors (Lipinski definition) is 1. The fourth-order valence-electron chi connectivity index (χ4n) is 4.70. The minimum Gasteiger partial charge on any atom is -0.414 e. The summed E-state index contributed by atoms with van der Waals surface area (Å²) in [5, 5.41) is 0. The third-order valence-corrected chi connectivity index (χ3v) is 7.36. The summed E-state index contributed by atoms with van der Waals surface area (Å²) >= 11 is 0. The Hall–Kier alpha value is 0.177. The molecule has 7 unspecified atom stereocenters. The molecule has 0 aromatic rings. The molecule has 1 rings (SSSR count). The number of rotatable bonds is 8. The molecule has 7 atom stereocenters. The van der Waals surface area contributed by atoms with Crippen LogP contribution in [0.15, 0.2) is 0 Å². The molecule has 0 N–H and O–H groups in total. The normalized spacial score (nSPS) is 33.7. The molecule has 22 heavy (non-hydrogen) atoms. The van der Waals surface area contributed by atoms with Crippen LogP contribution >= 0.6 is 0 Å². The zero-order chi connectivity index (χ0) is 17.1. The van der Waals surface area contributed by atoms with Crippen LogP contribution in [0.3, 0.4) is 0 Å². The van der Waals surface area contributed by atoms with Gasteiger partial charge >= 0.3 is 0 Å². The van der Waals surface area contributed by atoms with Crippen molar-refractivity contribution in [1.29, 1.82) is 0 Å². The molecule has 132 valence electrons. The van der Waals surface area contributed by atoms with Crippen LogP contribution in [0.25, 0.3) is 0 Å². The molecule has 0 amide bonds. The van der Waals surface area contributed by atoms with E-state index in [0.717, 1.165) is 35.5 Å². The highest BCUT2D eigenvalue weighted by atomic mass is 28.4. The molecule has 0 spiro atoms. The Kier molecular flexibility index (Phi) is 7.65. The van der Waals surface area contributed by atoms with Gasteiger partial charge in [-0.1, -0.05) is 60.8 Å². The van der Waals surface area contributed by atoms with Crippen molar-refractivity contribution < 1.29 is 4.43 Å². The highest BCUT2D eigenvalue weighted by Gasteiger charge is 2.49. The molecule has 1 aliphatic carbocycles. The summed E-state index contributed by atoms with van der Waals surface area (Å²) in [4.78, 5) is 0. The summed E-state index contributed by atoms with van der Waals surface area (Å²) in [5.41, 5.74) is 0. The minimum absolute atomic E-state index is 0.514. The van der Waals surface area contributed by atoms with E-state index in [2.05, 4.69) is 61.2 Å². The van der Waals surface area contributed by atoms with Gasteiger partial charge in [-0.2, -0.15) is 0 Å². The lowest BCUT2D eigenvalue weighted by atomic mass is 9.70. The van der Waals surface area contributed by atoms with E-state index in [1.165, 1.54) is 25.7 Å². The lowest BCUT2D eigenvalue weighted by molar-refractivity contribution is 0.0725. The zero-order valence-corrected chi connectivity index (χ0v) is 17.8. The van der Waals surface area contributed by atoms with Crippen molar-refractivity contribution in [2.24, 2.45) is 35.5 Å². The smallest absolute Gasteiger partial charge is 0.184 e. The average Bonchev–Trinajstić information content (AvgIpc) is 2.81. The molecule has 0 saturated heterocycles. The summed E-state index contributed by atoms with van der Waals surface area (Å²) in [6.07, 6.45) is 5.73. The lowest BCUT2D eigenvalue weighted by Crippen LogP contribution is -2.38. The van der Waals surface area contributed by atoms with Gasteiger partial charge in [-0.05, 0) is 61.6 Å². The van der Waals surface area contributed by atoms with Crippen molar-refractivity contribution in [2.45, 2.75) is 93.0 Å². The van der Waals surface area contributed by atoms with Crippen LogP contribution in [0, 0.1) is 35.5 Å². The van der Waals surface area contributed by atoms with E-state index in [-0.39, 0.29) is 0 Å². The second-order valence-electron chi connectivity index (χ2n) is 8.98. The SMILES string of the molecule is CCC(C)C1CC(O[Si](C)(C)C)C(C(C)CC)C1C(C)CC. The second kappa shape index (κ2) is 8.33. The van der Waals surface area contributed by atoms with Gasteiger partial charge in [0, 0.05) is 6.10 Å². The zero-order valence-electron chi connectivity index (χ0n) is 16.8. The molecule has 0 aromatic carbocycles. The van der Waals surface area contributed by atoms with Gasteiger partial charge in [-0.15, -0.1) is 0 Å². The molecular weight excluding hydrogens is 284 g/mol. The Balaban J connectivity index is 3.12. The molecule has 0 aromatic heterocycles. The lowest BCUT2D eigenvalue weighted by Gasteiger charge is -2.37. The quantitative estimate of drug-likeness (QED) is 0.457. The van der Waals surface area contributed by atoms with Gasteiger partial charge in [0.25, 0.3) is 0 Å². The van der Waals surface area contributed by atoms with Crippen LogP contribution in [0.4, 0.5) is 0 Å². The first-order valence-electron chi connectivity index (χ1n) is 9.83.